The number of fused-ring (bicyclic) bond motifs is 1. The number of anilines is 1. The van der Waals surface area contributed by atoms with Gasteiger partial charge in [-0.25, -0.2) is 0 Å². The SMILES string of the molecule is CC(CN)CCN1C(=O)Cc2cc(CCN)ccc21. The Balaban J connectivity index is 2.10. The van der Waals surface area contributed by atoms with E-state index in [1.165, 1.54) is 5.56 Å². The van der Waals surface area contributed by atoms with Crippen LogP contribution in [0.25, 0.3) is 0 Å². The second-order valence-corrected chi connectivity index (χ2v) is 5.35. The number of hydrogen-bond acceptors (Lipinski definition) is 3. The first-order chi connectivity index (χ1) is 9.15. The van der Waals surface area contributed by atoms with Crippen LogP contribution in [0.4, 0.5) is 5.69 Å². The molecule has 4 heteroatoms. The van der Waals surface area contributed by atoms with Gasteiger partial charge in [-0.1, -0.05) is 19.1 Å². The second-order valence-electron chi connectivity index (χ2n) is 5.35. The van der Waals surface area contributed by atoms with E-state index < -0.39 is 0 Å². The Morgan fingerprint density at radius 3 is 2.84 bits per heavy atom. The van der Waals surface area contributed by atoms with E-state index in [1.54, 1.807) is 0 Å². The molecule has 0 saturated heterocycles. The minimum Gasteiger partial charge on any atom is -0.330 e. The maximum absolute atomic E-state index is 12.1. The van der Waals surface area contributed by atoms with Gasteiger partial charge in [-0.2, -0.15) is 0 Å². The van der Waals surface area contributed by atoms with Crippen molar-refractivity contribution in [1.29, 1.82) is 0 Å². The van der Waals surface area contributed by atoms with Crippen LogP contribution in [0, 0.1) is 5.92 Å². The first kappa shape index (κ1) is 14.0. The van der Waals surface area contributed by atoms with Crippen molar-refractivity contribution in [2.24, 2.45) is 17.4 Å². The monoisotopic (exact) mass is 261 g/mol. The van der Waals surface area contributed by atoms with Crippen molar-refractivity contribution in [2.45, 2.75) is 26.2 Å². The molecule has 1 aliphatic heterocycles. The normalized spacial score (nSPS) is 15.7. The molecule has 1 amide bonds. The Bertz CT molecular complexity index is 459. The van der Waals surface area contributed by atoms with Gasteiger partial charge in [0.25, 0.3) is 0 Å². The number of carbonyl (C=O) groups is 1. The van der Waals surface area contributed by atoms with Crippen molar-refractivity contribution in [3.63, 3.8) is 0 Å². The lowest BCUT2D eigenvalue weighted by atomic mass is 10.1. The van der Waals surface area contributed by atoms with E-state index >= 15 is 0 Å². The van der Waals surface area contributed by atoms with Gasteiger partial charge in [-0.15, -0.1) is 0 Å². The van der Waals surface area contributed by atoms with Gasteiger partial charge in [0.2, 0.25) is 5.91 Å². The number of carbonyl (C=O) groups excluding carboxylic acids is 1. The van der Waals surface area contributed by atoms with E-state index in [0.717, 1.165) is 30.6 Å². The summed E-state index contributed by atoms with van der Waals surface area (Å²) >= 11 is 0. The van der Waals surface area contributed by atoms with Crippen molar-refractivity contribution >= 4 is 11.6 Å². The van der Waals surface area contributed by atoms with Crippen molar-refractivity contribution in [2.75, 3.05) is 24.5 Å². The number of hydrogen-bond donors (Lipinski definition) is 2. The lowest BCUT2D eigenvalue weighted by molar-refractivity contribution is -0.117. The molecule has 1 atom stereocenters. The lowest BCUT2D eigenvalue weighted by Gasteiger charge is -2.19. The van der Waals surface area contributed by atoms with Crippen LogP contribution in [0.2, 0.25) is 0 Å². The molecule has 1 aromatic rings. The molecule has 1 aromatic carbocycles. The number of rotatable bonds is 6. The molecule has 4 nitrogen and oxygen atoms in total. The molecule has 0 radical (unpaired) electrons. The van der Waals surface area contributed by atoms with Crippen LogP contribution in [0.1, 0.15) is 24.5 Å². The number of amides is 1. The first-order valence-electron chi connectivity index (χ1n) is 6.98. The summed E-state index contributed by atoms with van der Waals surface area (Å²) in [6.45, 7) is 4.20. The smallest absolute Gasteiger partial charge is 0.231 e. The summed E-state index contributed by atoms with van der Waals surface area (Å²) in [4.78, 5) is 14.0. The molecule has 19 heavy (non-hydrogen) atoms. The molecular formula is C15H23N3O. The largest absolute Gasteiger partial charge is 0.330 e. The minimum atomic E-state index is 0.198. The molecule has 0 spiro atoms. The molecule has 1 aliphatic rings. The zero-order valence-electron chi connectivity index (χ0n) is 11.6. The van der Waals surface area contributed by atoms with Crippen LogP contribution in [0.5, 0.6) is 0 Å². The fraction of sp³-hybridized carbons (Fsp3) is 0.533. The van der Waals surface area contributed by atoms with Crippen LogP contribution in [0.15, 0.2) is 18.2 Å². The zero-order chi connectivity index (χ0) is 13.8. The lowest BCUT2D eigenvalue weighted by Crippen LogP contribution is -2.29. The van der Waals surface area contributed by atoms with Gasteiger partial charge < -0.3 is 16.4 Å². The van der Waals surface area contributed by atoms with Gasteiger partial charge in [0.15, 0.2) is 0 Å². The summed E-state index contributed by atoms with van der Waals surface area (Å²) < 4.78 is 0. The topological polar surface area (TPSA) is 72.3 Å². The van der Waals surface area contributed by atoms with Gasteiger partial charge in [0.05, 0.1) is 6.42 Å². The van der Waals surface area contributed by atoms with Crippen LogP contribution in [-0.2, 0) is 17.6 Å². The number of nitrogens with two attached hydrogens (primary N) is 2. The van der Waals surface area contributed by atoms with Gasteiger partial charge in [0.1, 0.15) is 0 Å². The second kappa shape index (κ2) is 6.17. The van der Waals surface area contributed by atoms with Crippen LogP contribution in [-0.4, -0.2) is 25.5 Å². The van der Waals surface area contributed by atoms with Crippen molar-refractivity contribution < 1.29 is 4.79 Å². The van der Waals surface area contributed by atoms with E-state index in [1.807, 2.05) is 4.90 Å². The third-order valence-electron chi connectivity index (χ3n) is 3.76. The average molecular weight is 261 g/mol. The Kier molecular flexibility index (Phi) is 4.56. The highest BCUT2D eigenvalue weighted by Crippen LogP contribution is 2.30. The fourth-order valence-electron chi connectivity index (χ4n) is 2.47. The maximum Gasteiger partial charge on any atom is 0.231 e. The van der Waals surface area contributed by atoms with E-state index in [2.05, 4.69) is 25.1 Å². The van der Waals surface area contributed by atoms with Gasteiger partial charge in [-0.05, 0) is 49.0 Å². The quantitative estimate of drug-likeness (QED) is 0.804. The summed E-state index contributed by atoms with van der Waals surface area (Å²) in [7, 11) is 0. The van der Waals surface area contributed by atoms with Gasteiger partial charge >= 0.3 is 0 Å². The predicted molar refractivity (Wildman–Crippen MR) is 78.1 cm³/mol. The summed E-state index contributed by atoms with van der Waals surface area (Å²) in [6.07, 6.45) is 2.34. The Hall–Kier alpha value is -1.39. The van der Waals surface area contributed by atoms with Crippen molar-refractivity contribution in [3.8, 4) is 0 Å². The summed E-state index contributed by atoms with van der Waals surface area (Å²) in [6, 6.07) is 6.24. The van der Waals surface area contributed by atoms with E-state index in [0.29, 0.717) is 25.4 Å². The zero-order valence-corrected chi connectivity index (χ0v) is 11.6. The molecule has 0 saturated carbocycles. The van der Waals surface area contributed by atoms with Crippen LogP contribution < -0.4 is 16.4 Å². The maximum atomic E-state index is 12.1. The van der Waals surface area contributed by atoms with E-state index in [-0.39, 0.29) is 5.91 Å². The van der Waals surface area contributed by atoms with Crippen LogP contribution >= 0.6 is 0 Å². The van der Waals surface area contributed by atoms with Crippen molar-refractivity contribution in [1.82, 2.24) is 0 Å². The molecule has 1 heterocycles. The Morgan fingerprint density at radius 2 is 2.16 bits per heavy atom. The molecule has 0 fully saturated rings. The van der Waals surface area contributed by atoms with Gasteiger partial charge in [0, 0.05) is 12.2 Å². The summed E-state index contributed by atoms with van der Waals surface area (Å²) in [5.74, 6) is 0.650. The molecule has 0 aromatic heterocycles. The third kappa shape index (κ3) is 3.14. The molecule has 0 aliphatic carbocycles. The fourth-order valence-corrected chi connectivity index (χ4v) is 2.47. The van der Waals surface area contributed by atoms with Crippen molar-refractivity contribution in [3.05, 3.63) is 29.3 Å². The number of benzene rings is 1. The molecule has 104 valence electrons. The minimum absolute atomic E-state index is 0.198. The predicted octanol–water partition coefficient (Wildman–Crippen LogP) is 1.06. The highest BCUT2D eigenvalue weighted by atomic mass is 16.2. The molecular weight excluding hydrogens is 238 g/mol. The highest BCUT2D eigenvalue weighted by molar-refractivity contribution is 6.01. The Morgan fingerprint density at radius 1 is 1.37 bits per heavy atom. The summed E-state index contributed by atoms with van der Waals surface area (Å²) in [5, 5.41) is 0. The Labute approximate surface area is 114 Å². The molecule has 1 unspecified atom stereocenters. The van der Waals surface area contributed by atoms with E-state index in [4.69, 9.17) is 11.5 Å². The molecule has 0 bridgehead atoms. The first-order valence-corrected chi connectivity index (χ1v) is 6.98. The highest BCUT2D eigenvalue weighted by Gasteiger charge is 2.27. The van der Waals surface area contributed by atoms with Crippen LogP contribution in [0.3, 0.4) is 0 Å². The summed E-state index contributed by atoms with van der Waals surface area (Å²) in [5.41, 5.74) is 14.6. The standard InChI is InChI=1S/C15H23N3O/c1-11(10-17)5-7-18-14-3-2-12(4-6-16)8-13(14)9-15(18)19/h2-3,8,11H,4-7,9-10,16-17H2,1H3. The molecule has 4 N–H and O–H groups in total. The molecule has 2 rings (SSSR count). The van der Waals surface area contributed by atoms with Gasteiger partial charge in [-0.3, -0.25) is 4.79 Å². The number of nitrogens with zero attached hydrogens (tertiary/aromatic N) is 1. The average Bonchev–Trinajstić information content (AvgIpc) is 2.71. The van der Waals surface area contributed by atoms with E-state index in [9.17, 15) is 4.79 Å². The third-order valence-corrected chi connectivity index (χ3v) is 3.76.